The number of urea groups is 1. The predicted molar refractivity (Wildman–Crippen MR) is 117 cm³/mol. The second-order valence-electron chi connectivity index (χ2n) is 7.53. The van der Waals surface area contributed by atoms with Gasteiger partial charge in [0.15, 0.2) is 11.5 Å². The smallest absolute Gasteiger partial charge is 0.335 e. The molecule has 10 heteroatoms. The molecule has 170 valence electrons. The second-order valence-corrected chi connectivity index (χ2v) is 7.53. The first-order chi connectivity index (χ1) is 16.3. The molecule has 0 atom stereocenters. The summed E-state index contributed by atoms with van der Waals surface area (Å²) in [5.74, 6) is -1.23. The van der Waals surface area contributed by atoms with Gasteiger partial charge in [0, 0.05) is 11.6 Å². The molecule has 3 heterocycles. The Morgan fingerprint density at radius 2 is 1.82 bits per heavy atom. The van der Waals surface area contributed by atoms with Crippen molar-refractivity contribution in [3.05, 3.63) is 71.0 Å². The van der Waals surface area contributed by atoms with Crippen LogP contribution < -0.4 is 19.7 Å². The molecule has 1 fully saturated rings. The summed E-state index contributed by atoms with van der Waals surface area (Å²) in [6.07, 6.45) is 1.24. The summed E-state index contributed by atoms with van der Waals surface area (Å²) in [5, 5.41) is 11.3. The summed E-state index contributed by atoms with van der Waals surface area (Å²) >= 11 is 0. The van der Waals surface area contributed by atoms with Crippen LogP contribution >= 0.6 is 0 Å². The molecule has 0 spiro atoms. The Hall–Kier alpha value is -4.86. The number of hydrogen-bond donors (Lipinski definition) is 2. The number of benzene rings is 2. The second kappa shape index (κ2) is 7.93. The Morgan fingerprint density at radius 3 is 2.59 bits per heavy atom. The number of rotatable bonds is 4. The van der Waals surface area contributed by atoms with Crippen LogP contribution in [0.25, 0.3) is 17.4 Å². The van der Waals surface area contributed by atoms with E-state index in [-0.39, 0.29) is 29.4 Å². The van der Waals surface area contributed by atoms with Gasteiger partial charge >= 0.3 is 12.0 Å². The molecule has 34 heavy (non-hydrogen) atoms. The largest absolute Gasteiger partial charge is 0.478 e. The van der Waals surface area contributed by atoms with Gasteiger partial charge in [-0.05, 0) is 55.0 Å². The summed E-state index contributed by atoms with van der Waals surface area (Å²) in [7, 11) is 0. The molecule has 4 amide bonds. The van der Waals surface area contributed by atoms with Crippen molar-refractivity contribution in [1.82, 2.24) is 5.32 Å². The van der Waals surface area contributed by atoms with Crippen molar-refractivity contribution in [1.29, 1.82) is 0 Å². The quantitative estimate of drug-likeness (QED) is 0.447. The number of carboxylic acid groups (broad SMARTS) is 1. The van der Waals surface area contributed by atoms with Gasteiger partial charge in [-0.1, -0.05) is 6.07 Å². The average Bonchev–Trinajstić information content (AvgIpc) is 3.45. The van der Waals surface area contributed by atoms with Crippen LogP contribution in [-0.4, -0.2) is 35.7 Å². The molecule has 0 aliphatic carbocycles. The number of nitrogens with zero attached hydrogens (tertiary/aromatic N) is 1. The van der Waals surface area contributed by atoms with Crippen molar-refractivity contribution in [3.8, 4) is 22.8 Å². The van der Waals surface area contributed by atoms with Gasteiger partial charge in [-0.2, -0.15) is 0 Å². The predicted octanol–water partition coefficient (Wildman–Crippen LogP) is 3.35. The third kappa shape index (κ3) is 3.56. The summed E-state index contributed by atoms with van der Waals surface area (Å²) in [5.41, 5.74) is 1.40. The topological polar surface area (TPSA) is 135 Å². The minimum absolute atomic E-state index is 0.0297. The number of anilines is 1. The monoisotopic (exact) mass is 460 g/mol. The van der Waals surface area contributed by atoms with Crippen LogP contribution in [0, 0.1) is 6.92 Å². The molecule has 2 N–H and O–H groups in total. The zero-order valence-electron chi connectivity index (χ0n) is 17.7. The number of barbiturate groups is 1. The number of nitrogens with one attached hydrogen (secondary N) is 1. The van der Waals surface area contributed by atoms with Crippen LogP contribution in [-0.2, 0) is 9.59 Å². The number of amides is 4. The van der Waals surface area contributed by atoms with Crippen molar-refractivity contribution in [2.24, 2.45) is 0 Å². The lowest BCUT2D eigenvalue weighted by Gasteiger charge is -2.26. The minimum Gasteiger partial charge on any atom is -0.478 e. The normalized spacial score (nSPS) is 16.2. The SMILES string of the molecule is Cc1cc(C(=O)O)ccc1-c1ccc(/C=C2\C(=O)NC(=O)N(c3ccc4c(c3)OCO4)C2=O)o1. The van der Waals surface area contributed by atoms with E-state index in [1.807, 2.05) is 0 Å². The fraction of sp³-hybridized carbons (Fsp3) is 0.0833. The van der Waals surface area contributed by atoms with Crippen molar-refractivity contribution >= 4 is 35.6 Å². The van der Waals surface area contributed by atoms with E-state index in [0.717, 1.165) is 4.90 Å². The molecule has 0 saturated carbocycles. The number of ether oxygens (including phenoxy) is 2. The van der Waals surface area contributed by atoms with Gasteiger partial charge < -0.3 is 19.0 Å². The highest BCUT2D eigenvalue weighted by molar-refractivity contribution is 6.39. The van der Waals surface area contributed by atoms with Crippen molar-refractivity contribution < 1.29 is 38.2 Å². The molecule has 0 radical (unpaired) electrons. The average molecular weight is 460 g/mol. The zero-order chi connectivity index (χ0) is 24.0. The fourth-order valence-electron chi connectivity index (χ4n) is 3.71. The number of carbonyl (C=O) groups is 4. The molecule has 5 rings (SSSR count). The minimum atomic E-state index is -1.04. The Balaban J connectivity index is 1.46. The number of hydrogen-bond acceptors (Lipinski definition) is 7. The molecule has 0 unspecified atom stereocenters. The molecule has 3 aromatic rings. The van der Waals surface area contributed by atoms with Gasteiger partial charge in [0.05, 0.1) is 11.3 Å². The first-order valence-corrected chi connectivity index (χ1v) is 10.1. The van der Waals surface area contributed by atoms with E-state index in [1.54, 1.807) is 31.2 Å². The number of carbonyl (C=O) groups excluding carboxylic acids is 3. The lowest BCUT2D eigenvalue weighted by Crippen LogP contribution is -2.54. The molecule has 2 aliphatic heterocycles. The number of aryl methyl sites for hydroxylation is 1. The lowest BCUT2D eigenvalue weighted by molar-refractivity contribution is -0.122. The van der Waals surface area contributed by atoms with E-state index in [4.69, 9.17) is 19.0 Å². The summed E-state index contributed by atoms with van der Waals surface area (Å²) < 4.78 is 16.3. The third-order valence-electron chi connectivity index (χ3n) is 5.37. The van der Waals surface area contributed by atoms with E-state index in [1.165, 1.54) is 30.3 Å². The zero-order valence-corrected chi connectivity index (χ0v) is 17.7. The number of fused-ring (bicyclic) bond motifs is 1. The van der Waals surface area contributed by atoms with E-state index >= 15 is 0 Å². The first kappa shape index (κ1) is 21.0. The van der Waals surface area contributed by atoms with E-state index in [2.05, 4.69) is 5.32 Å². The van der Waals surface area contributed by atoms with Gasteiger partial charge in [0.2, 0.25) is 6.79 Å². The lowest BCUT2D eigenvalue weighted by atomic mass is 10.0. The standard InChI is InChI=1S/C24H16N2O8/c1-12-8-13(23(29)30)2-5-16(12)18-7-4-15(34-18)10-17-21(27)25-24(31)26(22(17)28)14-3-6-19-20(9-14)33-11-32-19/h2-10H,11H2,1H3,(H,29,30)(H,25,27,31)/b17-10+. The molecule has 1 aromatic heterocycles. The highest BCUT2D eigenvalue weighted by Crippen LogP contribution is 2.36. The van der Waals surface area contributed by atoms with Crippen molar-refractivity contribution in [2.75, 3.05) is 11.7 Å². The van der Waals surface area contributed by atoms with Crippen LogP contribution in [0.3, 0.4) is 0 Å². The van der Waals surface area contributed by atoms with Crippen molar-refractivity contribution in [2.45, 2.75) is 6.92 Å². The number of imide groups is 2. The maximum absolute atomic E-state index is 13.1. The van der Waals surface area contributed by atoms with Gasteiger partial charge in [-0.3, -0.25) is 14.9 Å². The maximum atomic E-state index is 13.1. The molecule has 1 saturated heterocycles. The molecule has 0 bridgehead atoms. The molecule has 10 nitrogen and oxygen atoms in total. The van der Waals surface area contributed by atoms with E-state index in [9.17, 15) is 19.2 Å². The summed E-state index contributed by atoms with van der Waals surface area (Å²) in [6.45, 7) is 1.78. The number of furan rings is 1. The van der Waals surface area contributed by atoms with Crippen molar-refractivity contribution in [3.63, 3.8) is 0 Å². The number of aromatic carboxylic acids is 1. The van der Waals surface area contributed by atoms with E-state index in [0.29, 0.717) is 28.4 Å². The Bertz CT molecular complexity index is 1420. The van der Waals surface area contributed by atoms with E-state index < -0.39 is 23.8 Å². The maximum Gasteiger partial charge on any atom is 0.335 e. The third-order valence-corrected chi connectivity index (χ3v) is 5.37. The van der Waals surface area contributed by atoms with Crippen LogP contribution in [0.1, 0.15) is 21.7 Å². The molecule has 2 aliphatic rings. The Kier molecular flexibility index (Phi) is 4.90. The van der Waals surface area contributed by atoms with Gasteiger partial charge in [-0.25, -0.2) is 14.5 Å². The van der Waals surface area contributed by atoms with Crippen LogP contribution in [0.5, 0.6) is 11.5 Å². The highest BCUT2D eigenvalue weighted by atomic mass is 16.7. The van der Waals surface area contributed by atoms with Gasteiger partial charge in [0.25, 0.3) is 11.8 Å². The molecule has 2 aromatic carbocycles. The Morgan fingerprint density at radius 1 is 1.03 bits per heavy atom. The molecular formula is C24H16N2O8. The first-order valence-electron chi connectivity index (χ1n) is 10.1. The van der Waals surface area contributed by atoms with Gasteiger partial charge in [-0.15, -0.1) is 0 Å². The van der Waals surface area contributed by atoms with Gasteiger partial charge in [0.1, 0.15) is 17.1 Å². The highest BCUT2D eigenvalue weighted by Gasteiger charge is 2.37. The van der Waals surface area contributed by atoms with Crippen LogP contribution in [0.2, 0.25) is 0 Å². The number of carboxylic acids is 1. The summed E-state index contributed by atoms with van der Waals surface area (Å²) in [6, 6.07) is 11.5. The molecular weight excluding hydrogens is 444 g/mol. The van der Waals surface area contributed by atoms with Crippen LogP contribution in [0.15, 0.2) is 58.5 Å². The Labute approximate surface area is 192 Å². The fourth-order valence-corrected chi connectivity index (χ4v) is 3.71. The summed E-state index contributed by atoms with van der Waals surface area (Å²) in [4.78, 5) is 49.9. The van der Waals surface area contributed by atoms with Crippen LogP contribution in [0.4, 0.5) is 10.5 Å².